The summed E-state index contributed by atoms with van der Waals surface area (Å²) in [7, 11) is 0. The van der Waals surface area contributed by atoms with Crippen molar-refractivity contribution < 1.29 is 9.53 Å². The largest absolute Gasteiger partial charge is 0.455 e. The van der Waals surface area contributed by atoms with Gasteiger partial charge in [-0.1, -0.05) is 36.4 Å². The SMILES string of the molecule is Cc1cccc(Oc2ccccc2NC(=O)CCCc2nc3ccccc3c(=O)[nH]2)c1. The van der Waals surface area contributed by atoms with Crippen LogP contribution in [0.1, 0.15) is 24.2 Å². The molecule has 1 amide bonds. The third-order valence-electron chi connectivity index (χ3n) is 4.86. The number of nitrogens with zero attached hydrogens (tertiary/aromatic N) is 1. The summed E-state index contributed by atoms with van der Waals surface area (Å²) in [6.07, 6.45) is 1.37. The van der Waals surface area contributed by atoms with Gasteiger partial charge in [0.1, 0.15) is 11.6 Å². The number of amides is 1. The summed E-state index contributed by atoms with van der Waals surface area (Å²) in [5, 5.41) is 3.48. The Hall–Kier alpha value is -3.93. The molecule has 0 saturated heterocycles. The van der Waals surface area contributed by atoms with Gasteiger partial charge in [0.2, 0.25) is 5.91 Å². The Bertz CT molecular complexity index is 1280. The number of aromatic nitrogens is 2. The predicted molar refractivity (Wildman–Crippen MR) is 122 cm³/mol. The van der Waals surface area contributed by atoms with E-state index in [0.29, 0.717) is 53.2 Å². The number of rotatable bonds is 7. The number of fused-ring (bicyclic) bond motifs is 1. The maximum Gasteiger partial charge on any atom is 0.258 e. The van der Waals surface area contributed by atoms with Gasteiger partial charge in [-0.3, -0.25) is 9.59 Å². The van der Waals surface area contributed by atoms with Crippen LogP contribution in [0.3, 0.4) is 0 Å². The smallest absolute Gasteiger partial charge is 0.258 e. The topological polar surface area (TPSA) is 84.1 Å². The van der Waals surface area contributed by atoms with Gasteiger partial charge in [0.05, 0.1) is 16.6 Å². The zero-order valence-electron chi connectivity index (χ0n) is 17.2. The number of para-hydroxylation sites is 3. The fourth-order valence-electron chi connectivity index (χ4n) is 3.35. The van der Waals surface area contributed by atoms with Gasteiger partial charge in [0, 0.05) is 12.8 Å². The zero-order chi connectivity index (χ0) is 21.6. The van der Waals surface area contributed by atoms with Gasteiger partial charge in [-0.2, -0.15) is 0 Å². The molecule has 1 aromatic heterocycles. The van der Waals surface area contributed by atoms with Gasteiger partial charge in [0.15, 0.2) is 5.75 Å². The monoisotopic (exact) mass is 413 g/mol. The van der Waals surface area contributed by atoms with Crippen molar-refractivity contribution in [2.45, 2.75) is 26.2 Å². The van der Waals surface area contributed by atoms with Crippen LogP contribution >= 0.6 is 0 Å². The number of nitrogens with one attached hydrogen (secondary N) is 2. The Labute approximate surface area is 179 Å². The molecule has 0 unspecified atom stereocenters. The van der Waals surface area contributed by atoms with Crippen LogP contribution in [0.2, 0.25) is 0 Å². The number of ether oxygens (including phenoxy) is 1. The highest BCUT2D eigenvalue weighted by Gasteiger charge is 2.10. The van der Waals surface area contributed by atoms with Crippen molar-refractivity contribution in [3.63, 3.8) is 0 Å². The fraction of sp³-hybridized carbons (Fsp3) is 0.160. The van der Waals surface area contributed by atoms with Crippen LogP contribution in [0.25, 0.3) is 10.9 Å². The summed E-state index contributed by atoms with van der Waals surface area (Å²) in [4.78, 5) is 31.9. The molecule has 31 heavy (non-hydrogen) atoms. The minimum absolute atomic E-state index is 0.122. The van der Waals surface area contributed by atoms with Crippen LogP contribution in [0, 0.1) is 6.92 Å². The second-order valence-corrected chi connectivity index (χ2v) is 7.35. The van der Waals surface area contributed by atoms with Crippen molar-refractivity contribution in [3.8, 4) is 11.5 Å². The fourth-order valence-corrected chi connectivity index (χ4v) is 3.35. The van der Waals surface area contributed by atoms with E-state index < -0.39 is 0 Å². The maximum absolute atomic E-state index is 12.5. The first-order valence-electron chi connectivity index (χ1n) is 10.2. The molecule has 0 saturated carbocycles. The molecule has 3 aromatic carbocycles. The van der Waals surface area contributed by atoms with Gasteiger partial charge in [-0.25, -0.2) is 4.98 Å². The van der Waals surface area contributed by atoms with Gasteiger partial charge in [0.25, 0.3) is 5.56 Å². The Morgan fingerprint density at radius 2 is 1.84 bits per heavy atom. The summed E-state index contributed by atoms with van der Waals surface area (Å²) in [5.74, 6) is 1.76. The van der Waals surface area contributed by atoms with E-state index in [4.69, 9.17) is 4.74 Å². The van der Waals surface area contributed by atoms with Crippen LogP contribution in [0.4, 0.5) is 5.69 Å². The van der Waals surface area contributed by atoms with Crippen molar-refractivity contribution in [2.75, 3.05) is 5.32 Å². The number of hydrogen-bond donors (Lipinski definition) is 2. The molecule has 1 heterocycles. The quantitative estimate of drug-likeness (QED) is 0.447. The number of carbonyl (C=O) groups excluding carboxylic acids is 1. The Morgan fingerprint density at radius 1 is 1.03 bits per heavy atom. The first-order chi connectivity index (χ1) is 15.1. The van der Waals surface area contributed by atoms with Gasteiger partial charge in [-0.15, -0.1) is 0 Å². The van der Waals surface area contributed by atoms with Crippen molar-refractivity contribution in [3.05, 3.63) is 94.5 Å². The first-order valence-corrected chi connectivity index (χ1v) is 10.2. The zero-order valence-corrected chi connectivity index (χ0v) is 17.2. The second-order valence-electron chi connectivity index (χ2n) is 7.35. The van der Waals surface area contributed by atoms with Crippen LogP contribution in [0.5, 0.6) is 11.5 Å². The van der Waals surface area contributed by atoms with Gasteiger partial charge < -0.3 is 15.0 Å². The standard InChI is InChI=1S/C25H23N3O3/c1-17-8-6-9-18(16-17)31-22-13-5-4-12-21(22)27-24(29)15-7-14-23-26-20-11-3-2-10-19(20)25(30)28-23/h2-6,8-13,16H,7,14-15H2,1H3,(H,27,29)(H,26,28,30). The number of anilines is 1. The molecule has 0 bridgehead atoms. The third-order valence-corrected chi connectivity index (χ3v) is 4.86. The molecule has 4 aromatic rings. The Kier molecular flexibility index (Phi) is 6.08. The summed E-state index contributed by atoms with van der Waals surface area (Å²) in [6.45, 7) is 2.00. The number of H-pyrrole nitrogens is 1. The van der Waals surface area contributed by atoms with Crippen molar-refractivity contribution in [1.29, 1.82) is 0 Å². The maximum atomic E-state index is 12.5. The van der Waals surface area contributed by atoms with E-state index in [-0.39, 0.29) is 11.5 Å². The molecule has 156 valence electrons. The van der Waals surface area contributed by atoms with E-state index in [1.165, 1.54) is 0 Å². The van der Waals surface area contributed by atoms with E-state index in [1.807, 2.05) is 73.7 Å². The minimum Gasteiger partial charge on any atom is -0.455 e. The lowest BCUT2D eigenvalue weighted by Gasteiger charge is -2.12. The molecule has 6 heteroatoms. The van der Waals surface area contributed by atoms with Crippen molar-refractivity contribution in [2.24, 2.45) is 0 Å². The van der Waals surface area contributed by atoms with Crippen LogP contribution in [-0.2, 0) is 11.2 Å². The highest BCUT2D eigenvalue weighted by molar-refractivity contribution is 5.92. The van der Waals surface area contributed by atoms with Crippen LogP contribution in [0.15, 0.2) is 77.6 Å². The third kappa shape index (κ3) is 5.17. The summed E-state index contributed by atoms with van der Waals surface area (Å²) in [6, 6.07) is 22.3. The minimum atomic E-state index is -0.160. The Balaban J connectivity index is 1.37. The van der Waals surface area contributed by atoms with Crippen LogP contribution < -0.4 is 15.6 Å². The molecule has 2 N–H and O–H groups in total. The Morgan fingerprint density at radius 3 is 2.71 bits per heavy atom. The average molecular weight is 413 g/mol. The summed E-state index contributed by atoms with van der Waals surface area (Å²) >= 11 is 0. The van der Waals surface area contributed by atoms with Crippen LogP contribution in [-0.4, -0.2) is 15.9 Å². The van der Waals surface area contributed by atoms with E-state index in [9.17, 15) is 9.59 Å². The van der Waals surface area contributed by atoms with Crippen molar-refractivity contribution in [1.82, 2.24) is 9.97 Å². The normalized spacial score (nSPS) is 10.7. The molecular formula is C25H23N3O3. The molecule has 0 fully saturated rings. The molecule has 0 aliphatic rings. The molecular weight excluding hydrogens is 390 g/mol. The highest BCUT2D eigenvalue weighted by Crippen LogP contribution is 2.29. The van der Waals surface area contributed by atoms with Gasteiger partial charge in [-0.05, 0) is 55.3 Å². The molecule has 0 aliphatic carbocycles. The van der Waals surface area contributed by atoms with Crippen molar-refractivity contribution >= 4 is 22.5 Å². The molecule has 4 rings (SSSR count). The highest BCUT2D eigenvalue weighted by atomic mass is 16.5. The lowest BCUT2D eigenvalue weighted by atomic mass is 10.2. The number of carbonyl (C=O) groups is 1. The molecule has 0 aliphatic heterocycles. The predicted octanol–water partition coefficient (Wildman–Crippen LogP) is 4.99. The average Bonchev–Trinajstić information content (AvgIpc) is 2.75. The summed E-state index contributed by atoms with van der Waals surface area (Å²) in [5.41, 5.74) is 2.21. The lowest BCUT2D eigenvalue weighted by Crippen LogP contribution is -2.14. The number of aromatic amines is 1. The number of hydrogen-bond acceptors (Lipinski definition) is 4. The summed E-state index contributed by atoms with van der Waals surface area (Å²) < 4.78 is 5.95. The molecule has 0 radical (unpaired) electrons. The number of aryl methyl sites for hydroxylation is 2. The molecule has 0 spiro atoms. The van der Waals surface area contributed by atoms with Gasteiger partial charge >= 0.3 is 0 Å². The first kappa shape index (κ1) is 20.3. The van der Waals surface area contributed by atoms with E-state index >= 15 is 0 Å². The molecule has 6 nitrogen and oxygen atoms in total. The van der Waals surface area contributed by atoms with E-state index in [2.05, 4.69) is 15.3 Å². The lowest BCUT2D eigenvalue weighted by molar-refractivity contribution is -0.116. The second kappa shape index (κ2) is 9.26. The van der Waals surface area contributed by atoms with E-state index in [0.717, 1.165) is 5.56 Å². The van der Waals surface area contributed by atoms with E-state index in [1.54, 1.807) is 6.07 Å². The number of benzene rings is 3. The molecule has 0 atom stereocenters.